The van der Waals surface area contributed by atoms with E-state index in [0.29, 0.717) is 33.8 Å². The van der Waals surface area contributed by atoms with Crippen LogP contribution in [0.15, 0.2) is 70.7 Å². The Kier molecular flexibility index (Phi) is 8.28. The predicted molar refractivity (Wildman–Crippen MR) is 134 cm³/mol. The minimum Gasteiger partial charge on any atom is -0.493 e. The lowest BCUT2D eigenvalue weighted by Crippen LogP contribution is -2.13. The summed E-state index contributed by atoms with van der Waals surface area (Å²) in [6, 6.07) is 21.1. The predicted octanol–water partition coefficient (Wildman–Crippen LogP) is 6.45. The van der Waals surface area contributed by atoms with E-state index in [1.165, 1.54) is 11.6 Å². The number of methoxy groups -OCH3 is 1. The molecule has 3 aromatic rings. The van der Waals surface area contributed by atoms with E-state index in [1.54, 1.807) is 19.2 Å². The number of benzene rings is 3. The van der Waals surface area contributed by atoms with Gasteiger partial charge in [0.05, 0.1) is 7.11 Å². The molecule has 0 fully saturated rings. The first-order chi connectivity index (χ1) is 15.9. The average molecular weight is 505 g/mol. The second-order valence-electron chi connectivity index (χ2n) is 7.48. The Morgan fingerprint density at radius 1 is 1.09 bits per heavy atom. The third-order valence-electron chi connectivity index (χ3n) is 5.04. The number of nitriles is 1. The smallest absolute Gasteiger partial charge is 0.266 e. The van der Waals surface area contributed by atoms with Gasteiger partial charge in [-0.15, -0.1) is 0 Å². The van der Waals surface area contributed by atoms with Gasteiger partial charge in [0.2, 0.25) is 0 Å². The van der Waals surface area contributed by atoms with Gasteiger partial charge >= 0.3 is 0 Å². The van der Waals surface area contributed by atoms with E-state index in [1.807, 2.05) is 55.5 Å². The molecule has 0 bridgehead atoms. The standard InChI is InChI=1S/C27H25BrN2O3/c1-4-19-8-10-23(11-9-19)30-27(31)22(16-29)13-21-14-25(32-3)26(15-24(21)28)33-17-20-7-5-6-18(2)12-20/h5-15H,4,17H2,1-3H3,(H,30,31)/b22-13+. The van der Waals surface area contributed by atoms with Crippen molar-refractivity contribution in [2.24, 2.45) is 0 Å². The summed E-state index contributed by atoms with van der Waals surface area (Å²) >= 11 is 3.52. The molecule has 0 unspecified atom stereocenters. The third kappa shape index (κ3) is 6.47. The van der Waals surface area contributed by atoms with Gasteiger partial charge in [0, 0.05) is 10.2 Å². The molecule has 0 saturated heterocycles. The molecule has 0 aromatic heterocycles. The van der Waals surface area contributed by atoms with Crippen LogP contribution < -0.4 is 14.8 Å². The Bertz CT molecular complexity index is 1210. The van der Waals surface area contributed by atoms with Gasteiger partial charge in [0.1, 0.15) is 18.2 Å². The van der Waals surface area contributed by atoms with Crippen LogP contribution in [0.1, 0.15) is 29.2 Å². The Hall–Kier alpha value is -3.56. The van der Waals surface area contributed by atoms with E-state index in [4.69, 9.17) is 9.47 Å². The van der Waals surface area contributed by atoms with Crippen LogP contribution in [0.5, 0.6) is 11.5 Å². The number of carbonyl (C=O) groups is 1. The van der Waals surface area contributed by atoms with Crippen LogP contribution in [0.4, 0.5) is 5.69 Å². The number of nitrogens with one attached hydrogen (secondary N) is 1. The van der Waals surface area contributed by atoms with Crippen LogP contribution in [0.2, 0.25) is 0 Å². The number of rotatable bonds is 8. The summed E-state index contributed by atoms with van der Waals surface area (Å²) in [6.45, 7) is 4.49. The summed E-state index contributed by atoms with van der Waals surface area (Å²) in [6.07, 6.45) is 2.44. The van der Waals surface area contributed by atoms with Crippen LogP contribution >= 0.6 is 15.9 Å². The molecule has 6 heteroatoms. The summed E-state index contributed by atoms with van der Waals surface area (Å²) in [5, 5.41) is 12.3. The zero-order valence-electron chi connectivity index (χ0n) is 18.8. The van der Waals surface area contributed by atoms with Crippen molar-refractivity contribution in [2.75, 3.05) is 12.4 Å². The van der Waals surface area contributed by atoms with Crippen LogP contribution in [-0.2, 0) is 17.8 Å². The molecular formula is C27H25BrN2O3. The normalized spacial score (nSPS) is 10.9. The van der Waals surface area contributed by atoms with Gasteiger partial charge in [-0.2, -0.15) is 5.26 Å². The van der Waals surface area contributed by atoms with Crippen molar-refractivity contribution in [2.45, 2.75) is 26.9 Å². The molecule has 0 atom stereocenters. The highest BCUT2D eigenvalue weighted by atomic mass is 79.9. The van der Waals surface area contributed by atoms with Gasteiger partial charge in [-0.1, -0.05) is 64.8 Å². The largest absolute Gasteiger partial charge is 0.493 e. The molecule has 0 heterocycles. The van der Waals surface area contributed by atoms with Gasteiger partial charge < -0.3 is 14.8 Å². The fourth-order valence-electron chi connectivity index (χ4n) is 3.22. The van der Waals surface area contributed by atoms with Crippen molar-refractivity contribution in [1.29, 1.82) is 5.26 Å². The summed E-state index contributed by atoms with van der Waals surface area (Å²) in [7, 11) is 1.55. The molecule has 3 rings (SSSR count). The second-order valence-corrected chi connectivity index (χ2v) is 8.33. The number of aryl methyl sites for hydroxylation is 2. The SMILES string of the molecule is CCc1ccc(NC(=O)/C(C#N)=C/c2cc(OC)c(OCc3cccc(C)c3)cc2Br)cc1. The van der Waals surface area contributed by atoms with E-state index >= 15 is 0 Å². The molecular weight excluding hydrogens is 480 g/mol. The third-order valence-corrected chi connectivity index (χ3v) is 5.73. The lowest BCUT2D eigenvalue weighted by Gasteiger charge is -2.13. The highest BCUT2D eigenvalue weighted by molar-refractivity contribution is 9.10. The van der Waals surface area contributed by atoms with Gasteiger partial charge in [-0.25, -0.2) is 0 Å². The maximum Gasteiger partial charge on any atom is 0.266 e. The number of ether oxygens (including phenoxy) is 2. The van der Waals surface area contributed by atoms with Crippen LogP contribution in [-0.4, -0.2) is 13.0 Å². The Labute approximate surface area is 202 Å². The van der Waals surface area contributed by atoms with E-state index in [9.17, 15) is 10.1 Å². The van der Waals surface area contributed by atoms with Gasteiger partial charge in [0.25, 0.3) is 5.91 Å². The molecule has 168 valence electrons. The molecule has 0 saturated carbocycles. The summed E-state index contributed by atoms with van der Waals surface area (Å²) in [5.41, 5.74) is 4.62. The first-order valence-corrected chi connectivity index (χ1v) is 11.3. The second kappa shape index (κ2) is 11.3. The van der Waals surface area contributed by atoms with E-state index < -0.39 is 5.91 Å². The van der Waals surface area contributed by atoms with E-state index in [-0.39, 0.29) is 5.57 Å². The summed E-state index contributed by atoms with van der Waals surface area (Å²) in [5.74, 6) is 0.583. The van der Waals surface area contributed by atoms with Crippen LogP contribution in [0.25, 0.3) is 6.08 Å². The van der Waals surface area contributed by atoms with Gasteiger partial charge in [-0.05, 0) is 60.4 Å². The highest BCUT2D eigenvalue weighted by Gasteiger charge is 2.14. The zero-order chi connectivity index (χ0) is 23.8. The fraction of sp³-hybridized carbons (Fsp3) is 0.185. The first-order valence-electron chi connectivity index (χ1n) is 10.5. The Morgan fingerprint density at radius 3 is 2.48 bits per heavy atom. The van der Waals surface area contributed by atoms with Crippen molar-refractivity contribution in [3.8, 4) is 17.6 Å². The number of halogens is 1. The summed E-state index contributed by atoms with van der Waals surface area (Å²) < 4.78 is 12.1. The lowest BCUT2D eigenvalue weighted by atomic mass is 10.1. The number of nitrogens with zero attached hydrogens (tertiary/aromatic N) is 1. The van der Waals surface area contributed by atoms with Crippen molar-refractivity contribution in [3.63, 3.8) is 0 Å². The minimum atomic E-state index is -0.479. The number of amides is 1. The molecule has 0 aliphatic rings. The first kappa shape index (κ1) is 24.1. The lowest BCUT2D eigenvalue weighted by molar-refractivity contribution is -0.112. The average Bonchev–Trinajstić information content (AvgIpc) is 2.82. The highest BCUT2D eigenvalue weighted by Crippen LogP contribution is 2.35. The van der Waals surface area contributed by atoms with Gasteiger partial charge in [0.15, 0.2) is 11.5 Å². The van der Waals surface area contributed by atoms with Crippen molar-refractivity contribution in [1.82, 2.24) is 0 Å². The zero-order valence-corrected chi connectivity index (χ0v) is 20.4. The molecule has 0 aliphatic carbocycles. The number of carbonyl (C=O) groups excluding carboxylic acids is 1. The molecule has 33 heavy (non-hydrogen) atoms. The Balaban J connectivity index is 1.80. The minimum absolute atomic E-state index is 0.0225. The van der Waals surface area contributed by atoms with E-state index in [2.05, 4.69) is 34.2 Å². The number of hydrogen-bond donors (Lipinski definition) is 1. The molecule has 1 N–H and O–H groups in total. The quantitative estimate of drug-likeness (QED) is 0.282. The topological polar surface area (TPSA) is 71.4 Å². The maximum atomic E-state index is 12.6. The van der Waals surface area contributed by atoms with Crippen molar-refractivity contribution < 1.29 is 14.3 Å². The van der Waals surface area contributed by atoms with E-state index in [0.717, 1.165) is 17.5 Å². The van der Waals surface area contributed by atoms with Crippen molar-refractivity contribution in [3.05, 3.63) is 93.0 Å². The molecule has 0 radical (unpaired) electrons. The van der Waals surface area contributed by atoms with Crippen molar-refractivity contribution >= 4 is 33.6 Å². The fourth-order valence-corrected chi connectivity index (χ4v) is 3.66. The molecule has 3 aromatic carbocycles. The molecule has 1 amide bonds. The van der Waals surface area contributed by atoms with Crippen LogP contribution in [0, 0.1) is 18.3 Å². The molecule has 0 aliphatic heterocycles. The van der Waals surface area contributed by atoms with Gasteiger partial charge in [-0.3, -0.25) is 4.79 Å². The number of anilines is 1. The Morgan fingerprint density at radius 2 is 1.85 bits per heavy atom. The monoisotopic (exact) mass is 504 g/mol. The molecule has 5 nitrogen and oxygen atoms in total. The summed E-state index contributed by atoms with van der Waals surface area (Å²) in [4.78, 5) is 12.6. The molecule has 0 spiro atoms. The van der Waals surface area contributed by atoms with Crippen LogP contribution in [0.3, 0.4) is 0 Å². The maximum absolute atomic E-state index is 12.6. The number of hydrogen-bond acceptors (Lipinski definition) is 4.